The molecule has 2 aliphatic rings. The van der Waals surface area contributed by atoms with Crippen molar-refractivity contribution in [3.05, 3.63) is 71.4 Å². The van der Waals surface area contributed by atoms with Crippen LogP contribution in [0.5, 0.6) is 0 Å². The zero-order valence-electron chi connectivity index (χ0n) is 18.5. The van der Waals surface area contributed by atoms with Crippen LogP contribution >= 0.6 is 0 Å². The summed E-state index contributed by atoms with van der Waals surface area (Å²) in [4.78, 5) is 35.9. The molecular formula is C25H24N4O5. The first-order chi connectivity index (χ1) is 16.4. The summed E-state index contributed by atoms with van der Waals surface area (Å²) in [5.41, 5.74) is 4.68. The molecule has 2 aromatic carbocycles. The number of aryl methyl sites for hydroxylation is 1. The van der Waals surface area contributed by atoms with Crippen LogP contribution in [0.15, 0.2) is 54.6 Å². The summed E-state index contributed by atoms with van der Waals surface area (Å²) in [6.45, 7) is 0.178. The maximum absolute atomic E-state index is 12.5. The van der Waals surface area contributed by atoms with Crippen molar-refractivity contribution in [2.45, 2.75) is 24.8 Å². The number of rotatable bonds is 6. The van der Waals surface area contributed by atoms with Crippen LogP contribution < -0.4 is 10.6 Å². The minimum absolute atomic E-state index is 0.0527. The van der Waals surface area contributed by atoms with Gasteiger partial charge in [0, 0.05) is 25.1 Å². The van der Waals surface area contributed by atoms with Crippen molar-refractivity contribution in [3.8, 4) is 11.1 Å². The number of carbonyl (C=O) groups is 3. The van der Waals surface area contributed by atoms with Crippen LogP contribution in [0, 0.1) is 5.92 Å². The van der Waals surface area contributed by atoms with Gasteiger partial charge in [-0.1, -0.05) is 48.5 Å². The fourth-order valence-corrected chi connectivity index (χ4v) is 4.63. The van der Waals surface area contributed by atoms with Gasteiger partial charge in [0.25, 0.3) is 5.91 Å². The van der Waals surface area contributed by atoms with Crippen LogP contribution in [0.3, 0.4) is 0 Å². The van der Waals surface area contributed by atoms with Crippen LogP contribution in [-0.2, 0) is 16.6 Å². The average molecular weight is 460 g/mol. The second-order valence-corrected chi connectivity index (χ2v) is 8.67. The molecule has 34 heavy (non-hydrogen) atoms. The van der Waals surface area contributed by atoms with Crippen LogP contribution in [0.4, 0.5) is 10.6 Å². The third-order valence-electron chi connectivity index (χ3n) is 6.51. The second-order valence-electron chi connectivity index (χ2n) is 8.67. The average Bonchev–Trinajstić information content (AvgIpc) is 3.32. The number of ether oxygens (including phenoxy) is 1. The van der Waals surface area contributed by atoms with Crippen molar-refractivity contribution in [2.75, 3.05) is 11.9 Å². The van der Waals surface area contributed by atoms with Gasteiger partial charge in [0.2, 0.25) is 0 Å². The Morgan fingerprint density at radius 3 is 2.29 bits per heavy atom. The van der Waals surface area contributed by atoms with Gasteiger partial charge in [0.05, 0.1) is 5.92 Å². The van der Waals surface area contributed by atoms with E-state index >= 15 is 0 Å². The highest BCUT2D eigenvalue weighted by Gasteiger charge is 2.36. The molecule has 0 radical (unpaired) electrons. The lowest BCUT2D eigenvalue weighted by molar-refractivity contribution is -0.145. The van der Waals surface area contributed by atoms with E-state index in [9.17, 15) is 14.4 Å². The maximum Gasteiger partial charge on any atom is 0.412 e. The first-order valence-electron chi connectivity index (χ1n) is 11.1. The SMILES string of the molecule is Cn1nc(C(=O)NC2CC(C(=O)O)C2)cc1NC(=O)OCC1c2ccccc2-c2ccccc21. The number of hydrogen-bond acceptors (Lipinski definition) is 5. The number of carbonyl (C=O) groups excluding carboxylic acids is 2. The Morgan fingerprint density at radius 1 is 1.06 bits per heavy atom. The predicted octanol–water partition coefficient (Wildman–Crippen LogP) is 3.37. The van der Waals surface area contributed by atoms with E-state index in [1.165, 1.54) is 10.7 Å². The normalized spacial score (nSPS) is 18.4. The van der Waals surface area contributed by atoms with Gasteiger partial charge >= 0.3 is 12.1 Å². The summed E-state index contributed by atoms with van der Waals surface area (Å²) in [6, 6.07) is 17.5. The maximum atomic E-state index is 12.5. The fraction of sp³-hybridized carbons (Fsp3) is 0.280. The van der Waals surface area contributed by atoms with E-state index in [-0.39, 0.29) is 24.3 Å². The second kappa shape index (κ2) is 8.66. The molecule has 9 heteroatoms. The zero-order valence-corrected chi connectivity index (χ0v) is 18.5. The fourth-order valence-electron chi connectivity index (χ4n) is 4.63. The van der Waals surface area contributed by atoms with Crippen LogP contribution in [0.25, 0.3) is 11.1 Å². The van der Waals surface area contributed by atoms with E-state index in [4.69, 9.17) is 9.84 Å². The molecule has 3 aromatic rings. The van der Waals surface area contributed by atoms with Crippen LogP contribution in [-0.4, -0.2) is 45.5 Å². The number of fused-ring (bicyclic) bond motifs is 3. The molecule has 1 aromatic heterocycles. The lowest BCUT2D eigenvalue weighted by Crippen LogP contribution is -2.46. The molecular weight excluding hydrogens is 436 g/mol. The highest BCUT2D eigenvalue weighted by molar-refractivity contribution is 5.94. The molecule has 9 nitrogen and oxygen atoms in total. The van der Waals surface area contributed by atoms with E-state index in [2.05, 4.69) is 27.9 Å². The number of carboxylic acids is 1. The topological polar surface area (TPSA) is 123 Å². The molecule has 5 rings (SSSR count). The molecule has 174 valence electrons. The van der Waals surface area contributed by atoms with Crippen molar-refractivity contribution in [3.63, 3.8) is 0 Å². The first-order valence-corrected chi connectivity index (χ1v) is 11.1. The van der Waals surface area contributed by atoms with Crippen LogP contribution in [0.1, 0.15) is 40.4 Å². The van der Waals surface area contributed by atoms with Gasteiger partial charge in [0.1, 0.15) is 12.4 Å². The van der Waals surface area contributed by atoms with Crippen LogP contribution in [0.2, 0.25) is 0 Å². The lowest BCUT2D eigenvalue weighted by Gasteiger charge is -2.32. The van der Waals surface area contributed by atoms with Gasteiger partial charge in [-0.15, -0.1) is 0 Å². The third-order valence-corrected chi connectivity index (χ3v) is 6.51. The smallest absolute Gasteiger partial charge is 0.412 e. The summed E-state index contributed by atoms with van der Waals surface area (Å²) in [6.07, 6.45) is 0.164. The summed E-state index contributed by atoms with van der Waals surface area (Å²) in [5.74, 6) is -1.41. The third kappa shape index (κ3) is 4.00. The van der Waals surface area contributed by atoms with Crippen molar-refractivity contribution < 1.29 is 24.2 Å². The Morgan fingerprint density at radius 2 is 1.68 bits per heavy atom. The highest BCUT2D eigenvalue weighted by atomic mass is 16.5. The molecule has 1 heterocycles. The largest absolute Gasteiger partial charge is 0.481 e. The Kier molecular flexibility index (Phi) is 5.53. The van der Waals surface area contributed by atoms with E-state index < -0.39 is 23.9 Å². The van der Waals surface area contributed by atoms with Gasteiger partial charge < -0.3 is 15.2 Å². The first kappa shape index (κ1) is 21.7. The molecule has 2 aliphatic carbocycles. The summed E-state index contributed by atoms with van der Waals surface area (Å²) < 4.78 is 6.93. The van der Waals surface area contributed by atoms with Crippen molar-refractivity contribution in [1.82, 2.24) is 15.1 Å². The number of amides is 2. The lowest BCUT2D eigenvalue weighted by atomic mass is 9.80. The van der Waals surface area contributed by atoms with Gasteiger partial charge in [-0.2, -0.15) is 5.10 Å². The molecule has 0 aliphatic heterocycles. The van der Waals surface area contributed by atoms with Gasteiger partial charge in [-0.25, -0.2) is 4.79 Å². The van der Waals surface area contributed by atoms with E-state index in [0.29, 0.717) is 18.7 Å². The van der Waals surface area contributed by atoms with E-state index in [1.54, 1.807) is 7.05 Å². The Balaban J connectivity index is 1.19. The molecule has 3 N–H and O–H groups in total. The Bertz CT molecular complexity index is 1230. The Labute approximate surface area is 195 Å². The molecule has 1 saturated carbocycles. The molecule has 0 spiro atoms. The molecule has 0 unspecified atom stereocenters. The zero-order chi connectivity index (χ0) is 23.8. The monoisotopic (exact) mass is 460 g/mol. The number of aliphatic carboxylic acids is 1. The van der Waals surface area contributed by atoms with Gasteiger partial charge in [-0.3, -0.25) is 19.6 Å². The highest BCUT2D eigenvalue weighted by Crippen LogP contribution is 2.44. The van der Waals surface area contributed by atoms with Gasteiger partial charge in [-0.05, 0) is 35.1 Å². The minimum Gasteiger partial charge on any atom is -0.481 e. The summed E-state index contributed by atoms with van der Waals surface area (Å²) in [5, 5.41) is 18.5. The molecule has 0 bridgehead atoms. The summed E-state index contributed by atoms with van der Waals surface area (Å²) >= 11 is 0. The number of hydrogen-bond donors (Lipinski definition) is 3. The van der Waals surface area contributed by atoms with Crippen molar-refractivity contribution >= 4 is 23.8 Å². The minimum atomic E-state index is -0.849. The number of nitrogens with zero attached hydrogens (tertiary/aromatic N) is 2. The van der Waals surface area contributed by atoms with E-state index in [0.717, 1.165) is 22.3 Å². The summed E-state index contributed by atoms with van der Waals surface area (Å²) in [7, 11) is 1.61. The predicted molar refractivity (Wildman–Crippen MR) is 124 cm³/mol. The number of aromatic nitrogens is 2. The van der Waals surface area contributed by atoms with Crippen molar-refractivity contribution in [2.24, 2.45) is 13.0 Å². The van der Waals surface area contributed by atoms with Gasteiger partial charge in [0.15, 0.2) is 5.69 Å². The molecule has 1 fully saturated rings. The molecule has 0 saturated heterocycles. The number of benzene rings is 2. The van der Waals surface area contributed by atoms with E-state index in [1.807, 2.05) is 36.4 Å². The number of anilines is 1. The standard InChI is InChI=1S/C25H24N4O5/c1-29-22(12-21(28-29)23(30)26-15-10-14(11-15)24(31)32)27-25(33)34-13-20-18-8-4-2-6-16(18)17-7-3-5-9-19(17)20/h2-9,12,14-15,20H,10-11,13H2,1H3,(H,26,30)(H,27,33)(H,31,32). The Hall–Kier alpha value is -4.14. The van der Waals surface area contributed by atoms with Crippen molar-refractivity contribution in [1.29, 1.82) is 0 Å². The number of carboxylic acid groups (broad SMARTS) is 1. The number of nitrogens with one attached hydrogen (secondary N) is 2. The molecule has 2 amide bonds. The molecule has 0 atom stereocenters. The quantitative estimate of drug-likeness (QED) is 0.518.